The van der Waals surface area contributed by atoms with Crippen molar-refractivity contribution in [2.45, 2.75) is 12.8 Å². The van der Waals surface area contributed by atoms with Crippen LogP contribution in [0.1, 0.15) is 18.4 Å². The monoisotopic (exact) mass is 514 g/mol. The third kappa shape index (κ3) is 4.56. The molecule has 1 aliphatic heterocycles. The van der Waals surface area contributed by atoms with Crippen molar-refractivity contribution in [3.8, 4) is 40.5 Å². The minimum atomic E-state index is 0.398. The standard InChI is InChI=1S/C28H26N4O4S/c1-4-18-7-9-20(10-8-18)31-11-5-6-19(15-31)17-35-24-12-21(33-2)13-25-22(24)14-26(36-25)23-16-32-27(29-23)37-28(30-32)34-3/h1,7-10,12-14,16,19H,5-6,11,15,17H2,2-3H3. The molecule has 5 aromatic rings. The summed E-state index contributed by atoms with van der Waals surface area (Å²) in [4.78, 5) is 7.78. The number of methoxy groups -OCH3 is 2. The summed E-state index contributed by atoms with van der Waals surface area (Å²) in [5.74, 6) is 5.14. The van der Waals surface area contributed by atoms with Crippen molar-refractivity contribution in [2.24, 2.45) is 5.92 Å². The van der Waals surface area contributed by atoms with Crippen LogP contribution in [0.15, 0.2) is 53.1 Å². The van der Waals surface area contributed by atoms with Crippen LogP contribution in [-0.2, 0) is 0 Å². The van der Waals surface area contributed by atoms with E-state index in [2.05, 4.69) is 33.0 Å². The van der Waals surface area contributed by atoms with E-state index in [-0.39, 0.29) is 0 Å². The summed E-state index contributed by atoms with van der Waals surface area (Å²) in [5, 5.41) is 5.79. The number of benzene rings is 2. The number of piperidine rings is 1. The van der Waals surface area contributed by atoms with Crippen LogP contribution in [0.2, 0.25) is 0 Å². The van der Waals surface area contributed by atoms with Gasteiger partial charge in [0.05, 0.1) is 32.4 Å². The molecule has 1 aliphatic rings. The predicted molar refractivity (Wildman–Crippen MR) is 144 cm³/mol. The molecule has 0 spiro atoms. The van der Waals surface area contributed by atoms with E-state index in [4.69, 9.17) is 25.1 Å². The smallest absolute Gasteiger partial charge is 0.294 e. The molecule has 8 nitrogen and oxygen atoms in total. The Kier molecular flexibility index (Phi) is 6.10. The molecule has 0 bridgehead atoms. The molecule has 188 valence electrons. The zero-order valence-electron chi connectivity index (χ0n) is 20.6. The molecule has 0 radical (unpaired) electrons. The Bertz CT molecular complexity index is 1560. The lowest BCUT2D eigenvalue weighted by Gasteiger charge is -2.34. The van der Waals surface area contributed by atoms with Gasteiger partial charge >= 0.3 is 0 Å². The second-order valence-corrected chi connectivity index (χ2v) is 9.95. The van der Waals surface area contributed by atoms with Crippen LogP contribution < -0.4 is 19.1 Å². The number of hydrogen-bond acceptors (Lipinski definition) is 8. The molecule has 37 heavy (non-hydrogen) atoms. The van der Waals surface area contributed by atoms with Crippen LogP contribution >= 0.6 is 11.3 Å². The van der Waals surface area contributed by atoms with E-state index in [1.165, 1.54) is 17.0 Å². The summed E-state index contributed by atoms with van der Waals surface area (Å²) >= 11 is 1.37. The second kappa shape index (κ2) is 9.71. The number of fused-ring (bicyclic) bond motifs is 2. The molecular formula is C28H26N4O4S. The van der Waals surface area contributed by atoms with Gasteiger partial charge in [-0.2, -0.15) is 0 Å². The molecule has 1 atom stereocenters. The van der Waals surface area contributed by atoms with Gasteiger partial charge in [-0.25, -0.2) is 9.50 Å². The van der Waals surface area contributed by atoms with E-state index < -0.39 is 0 Å². The maximum Gasteiger partial charge on any atom is 0.294 e. The minimum Gasteiger partial charge on any atom is -0.496 e. The van der Waals surface area contributed by atoms with Crippen molar-refractivity contribution in [3.63, 3.8) is 0 Å². The number of aromatic nitrogens is 3. The lowest BCUT2D eigenvalue weighted by atomic mass is 9.98. The number of imidazole rings is 1. The average molecular weight is 515 g/mol. The summed E-state index contributed by atoms with van der Waals surface area (Å²) in [6.07, 6.45) is 9.57. The number of ether oxygens (including phenoxy) is 3. The molecule has 1 unspecified atom stereocenters. The van der Waals surface area contributed by atoms with Crippen molar-refractivity contribution in [1.82, 2.24) is 14.6 Å². The van der Waals surface area contributed by atoms with Crippen molar-refractivity contribution >= 4 is 33.0 Å². The third-order valence-corrected chi connectivity index (χ3v) is 7.54. The number of nitrogens with zero attached hydrogens (tertiary/aromatic N) is 4. The molecule has 4 heterocycles. The summed E-state index contributed by atoms with van der Waals surface area (Å²) in [5.41, 5.74) is 3.47. The number of furan rings is 1. The van der Waals surface area contributed by atoms with E-state index in [9.17, 15) is 0 Å². The number of hydrogen-bond donors (Lipinski definition) is 0. The fraction of sp³-hybridized carbons (Fsp3) is 0.286. The van der Waals surface area contributed by atoms with Gasteiger partial charge in [0.1, 0.15) is 22.8 Å². The second-order valence-electron chi connectivity index (χ2n) is 9.03. The normalized spacial score (nSPS) is 15.7. The third-order valence-electron chi connectivity index (χ3n) is 6.65. The van der Waals surface area contributed by atoms with Crippen LogP contribution in [-0.4, -0.2) is 48.5 Å². The largest absolute Gasteiger partial charge is 0.496 e. The van der Waals surface area contributed by atoms with Gasteiger partial charge in [0.25, 0.3) is 5.19 Å². The zero-order chi connectivity index (χ0) is 25.4. The van der Waals surface area contributed by atoms with E-state index in [1.807, 2.05) is 36.5 Å². The van der Waals surface area contributed by atoms with E-state index in [0.717, 1.165) is 47.6 Å². The molecule has 9 heteroatoms. The average Bonchev–Trinajstić information content (AvgIpc) is 3.65. The molecule has 0 saturated carbocycles. The van der Waals surface area contributed by atoms with Gasteiger partial charge in [-0.3, -0.25) is 0 Å². The highest BCUT2D eigenvalue weighted by molar-refractivity contribution is 7.18. The fourth-order valence-corrected chi connectivity index (χ4v) is 5.44. The van der Waals surface area contributed by atoms with Crippen molar-refractivity contribution < 1.29 is 18.6 Å². The Labute approximate surface area is 218 Å². The predicted octanol–water partition coefficient (Wildman–Crippen LogP) is 5.50. The van der Waals surface area contributed by atoms with Crippen LogP contribution in [0.3, 0.4) is 0 Å². The molecule has 0 amide bonds. The maximum atomic E-state index is 6.40. The molecule has 0 aliphatic carbocycles. The molecule has 6 rings (SSSR count). The first kappa shape index (κ1) is 23.3. The molecule has 2 aromatic carbocycles. The first-order valence-electron chi connectivity index (χ1n) is 12.1. The highest BCUT2D eigenvalue weighted by Crippen LogP contribution is 2.38. The number of rotatable bonds is 7. The highest BCUT2D eigenvalue weighted by Gasteiger charge is 2.22. The van der Waals surface area contributed by atoms with Crippen LogP contribution in [0.25, 0.3) is 27.4 Å². The zero-order valence-corrected chi connectivity index (χ0v) is 21.5. The molecule has 3 aromatic heterocycles. The Morgan fingerprint density at radius 3 is 2.78 bits per heavy atom. The lowest BCUT2D eigenvalue weighted by molar-refractivity contribution is 0.230. The molecular weight excluding hydrogens is 488 g/mol. The van der Waals surface area contributed by atoms with Gasteiger partial charge in [-0.1, -0.05) is 5.92 Å². The Morgan fingerprint density at radius 1 is 1.16 bits per heavy atom. The summed E-state index contributed by atoms with van der Waals surface area (Å²) in [7, 11) is 3.23. The Balaban J connectivity index is 1.22. The van der Waals surface area contributed by atoms with Crippen LogP contribution in [0, 0.1) is 18.3 Å². The van der Waals surface area contributed by atoms with Gasteiger partial charge in [0, 0.05) is 42.4 Å². The summed E-state index contributed by atoms with van der Waals surface area (Å²) < 4.78 is 25.0. The van der Waals surface area contributed by atoms with Crippen LogP contribution in [0.4, 0.5) is 5.69 Å². The molecule has 1 saturated heterocycles. The molecule has 1 fully saturated rings. The van der Waals surface area contributed by atoms with E-state index in [1.54, 1.807) is 18.7 Å². The lowest BCUT2D eigenvalue weighted by Crippen LogP contribution is -2.37. The van der Waals surface area contributed by atoms with Gasteiger partial charge in [-0.05, 0) is 54.5 Å². The van der Waals surface area contributed by atoms with Crippen molar-refractivity contribution in [3.05, 3.63) is 54.2 Å². The Morgan fingerprint density at radius 2 is 2.03 bits per heavy atom. The Hall–Kier alpha value is -4.16. The number of terminal acetylenes is 1. The molecule has 0 N–H and O–H groups in total. The topological polar surface area (TPSA) is 74.3 Å². The van der Waals surface area contributed by atoms with Crippen molar-refractivity contribution in [1.29, 1.82) is 0 Å². The van der Waals surface area contributed by atoms with Gasteiger partial charge in [0.2, 0.25) is 4.96 Å². The quantitative estimate of drug-likeness (QED) is 0.266. The first-order valence-corrected chi connectivity index (χ1v) is 12.9. The highest BCUT2D eigenvalue weighted by atomic mass is 32.1. The summed E-state index contributed by atoms with van der Waals surface area (Å²) in [6, 6.07) is 13.9. The number of anilines is 1. The van der Waals surface area contributed by atoms with Gasteiger partial charge in [0.15, 0.2) is 5.76 Å². The van der Waals surface area contributed by atoms with Gasteiger partial charge < -0.3 is 23.5 Å². The van der Waals surface area contributed by atoms with Crippen LogP contribution in [0.5, 0.6) is 16.7 Å². The SMILES string of the molecule is C#Cc1ccc(N2CCCC(COc3cc(OC)cc4oc(-c5cn6nc(OC)sc6n5)cc34)C2)cc1. The van der Waals surface area contributed by atoms with E-state index in [0.29, 0.717) is 40.5 Å². The maximum absolute atomic E-state index is 6.40. The van der Waals surface area contributed by atoms with E-state index >= 15 is 0 Å². The minimum absolute atomic E-state index is 0.398. The van der Waals surface area contributed by atoms with Gasteiger partial charge in [-0.15, -0.1) is 11.5 Å². The van der Waals surface area contributed by atoms with Crippen molar-refractivity contribution in [2.75, 3.05) is 38.8 Å². The fourth-order valence-electron chi connectivity index (χ4n) is 4.74. The summed E-state index contributed by atoms with van der Waals surface area (Å²) in [6.45, 7) is 2.57. The first-order chi connectivity index (χ1) is 18.1.